The lowest BCUT2D eigenvalue weighted by molar-refractivity contribution is -0.137. The van der Waals surface area contributed by atoms with Crippen LogP contribution in [-0.4, -0.2) is 56.3 Å². The van der Waals surface area contributed by atoms with Gasteiger partial charge in [0.15, 0.2) is 0 Å². The summed E-state index contributed by atoms with van der Waals surface area (Å²) in [5.41, 5.74) is -0.214. The Morgan fingerprint density at radius 3 is 2.11 bits per heavy atom. The Hall–Kier alpha value is -1.32. The van der Waals surface area contributed by atoms with Gasteiger partial charge >= 0.3 is 6.18 Å². The van der Waals surface area contributed by atoms with Crippen molar-refractivity contribution in [1.82, 2.24) is 8.61 Å². The van der Waals surface area contributed by atoms with Gasteiger partial charge in [-0.05, 0) is 36.5 Å². The number of piperidine rings is 1. The predicted molar refractivity (Wildman–Crippen MR) is 98.7 cm³/mol. The smallest absolute Gasteiger partial charge is 0.369 e. The van der Waals surface area contributed by atoms with Gasteiger partial charge < -0.3 is 4.90 Å². The molecule has 152 valence electrons. The molecular formula is C18H26F3N3O2S. The summed E-state index contributed by atoms with van der Waals surface area (Å²) in [6.07, 6.45) is -3.36. The molecule has 0 N–H and O–H groups in total. The standard InChI is InChI=1S/C18H26F3N3O2S/c1-14-10-15(2)13-24(12-14)27(25,26)23-8-6-22(7-9-23)17-5-3-4-16(11-17)18(19,20)21/h3-5,11,14-15H,6-10,12-13H2,1-2H3. The molecule has 0 saturated carbocycles. The van der Waals surface area contributed by atoms with Gasteiger partial charge in [0.1, 0.15) is 0 Å². The fraction of sp³-hybridized carbons (Fsp3) is 0.667. The van der Waals surface area contributed by atoms with Crippen LogP contribution in [0.15, 0.2) is 24.3 Å². The van der Waals surface area contributed by atoms with Crippen molar-refractivity contribution in [2.75, 3.05) is 44.2 Å². The van der Waals surface area contributed by atoms with E-state index in [0.717, 1.165) is 18.6 Å². The molecule has 5 nitrogen and oxygen atoms in total. The molecule has 2 saturated heterocycles. The largest absolute Gasteiger partial charge is 0.416 e. The van der Waals surface area contributed by atoms with Crippen molar-refractivity contribution in [2.24, 2.45) is 11.8 Å². The van der Waals surface area contributed by atoms with Crippen LogP contribution in [0.1, 0.15) is 25.8 Å². The SMILES string of the molecule is CC1CC(C)CN(S(=O)(=O)N2CCN(c3cccc(C(F)(F)F)c3)CC2)C1. The van der Waals surface area contributed by atoms with Crippen molar-refractivity contribution in [2.45, 2.75) is 26.4 Å². The molecule has 3 rings (SSSR count). The summed E-state index contributed by atoms with van der Waals surface area (Å²) in [7, 11) is -3.53. The van der Waals surface area contributed by atoms with E-state index in [1.165, 1.54) is 10.4 Å². The number of anilines is 1. The quantitative estimate of drug-likeness (QED) is 0.777. The van der Waals surface area contributed by atoms with E-state index < -0.39 is 21.9 Å². The number of alkyl halides is 3. The molecular weight excluding hydrogens is 379 g/mol. The monoisotopic (exact) mass is 405 g/mol. The van der Waals surface area contributed by atoms with Gasteiger partial charge in [-0.3, -0.25) is 0 Å². The molecule has 1 aromatic rings. The minimum absolute atomic E-state index is 0.276. The topological polar surface area (TPSA) is 43.9 Å². The van der Waals surface area contributed by atoms with Gasteiger partial charge in [0, 0.05) is 45.0 Å². The first-order valence-corrected chi connectivity index (χ1v) is 10.6. The van der Waals surface area contributed by atoms with E-state index in [-0.39, 0.29) is 13.1 Å². The molecule has 2 fully saturated rings. The van der Waals surface area contributed by atoms with Crippen molar-refractivity contribution >= 4 is 15.9 Å². The van der Waals surface area contributed by atoms with Crippen molar-refractivity contribution in [3.63, 3.8) is 0 Å². The lowest BCUT2D eigenvalue weighted by atomic mass is 9.94. The highest BCUT2D eigenvalue weighted by Gasteiger charge is 2.36. The van der Waals surface area contributed by atoms with Crippen molar-refractivity contribution in [1.29, 1.82) is 0 Å². The fourth-order valence-electron chi connectivity index (χ4n) is 4.01. The summed E-state index contributed by atoms with van der Waals surface area (Å²) in [5, 5.41) is 0. The molecule has 9 heteroatoms. The third-order valence-electron chi connectivity index (χ3n) is 5.27. The van der Waals surface area contributed by atoms with Crippen LogP contribution in [0, 0.1) is 11.8 Å². The summed E-state index contributed by atoms with van der Waals surface area (Å²) < 4.78 is 67.6. The number of benzene rings is 1. The number of halogens is 3. The van der Waals surface area contributed by atoms with E-state index in [2.05, 4.69) is 13.8 Å². The number of piperazine rings is 1. The Labute approximate surface area is 158 Å². The zero-order valence-electron chi connectivity index (χ0n) is 15.6. The molecule has 0 radical (unpaired) electrons. The number of nitrogens with zero attached hydrogens (tertiary/aromatic N) is 3. The predicted octanol–water partition coefficient (Wildman–Crippen LogP) is 3.05. The summed E-state index contributed by atoms with van der Waals surface area (Å²) in [6.45, 7) is 6.48. The number of rotatable bonds is 3. The van der Waals surface area contributed by atoms with Gasteiger partial charge in [-0.1, -0.05) is 19.9 Å². The highest BCUT2D eigenvalue weighted by Crippen LogP contribution is 2.32. The third-order valence-corrected chi connectivity index (χ3v) is 7.23. The lowest BCUT2D eigenvalue weighted by Crippen LogP contribution is -2.55. The summed E-state index contributed by atoms with van der Waals surface area (Å²) >= 11 is 0. The third kappa shape index (κ3) is 4.57. The minimum Gasteiger partial charge on any atom is -0.369 e. The van der Waals surface area contributed by atoms with Gasteiger partial charge in [0.2, 0.25) is 0 Å². The van der Waals surface area contributed by atoms with Crippen LogP contribution < -0.4 is 4.90 Å². The summed E-state index contributed by atoms with van der Waals surface area (Å²) in [6, 6.07) is 5.19. The van der Waals surface area contributed by atoms with Crippen LogP contribution in [0.3, 0.4) is 0 Å². The molecule has 0 bridgehead atoms. The molecule has 2 aliphatic heterocycles. The Balaban J connectivity index is 1.67. The van der Waals surface area contributed by atoms with Crippen LogP contribution in [0.4, 0.5) is 18.9 Å². The average molecular weight is 405 g/mol. The molecule has 2 atom stereocenters. The second-order valence-corrected chi connectivity index (χ2v) is 9.63. The van der Waals surface area contributed by atoms with Crippen LogP contribution in [0.25, 0.3) is 0 Å². The van der Waals surface area contributed by atoms with Gasteiger partial charge in [0.05, 0.1) is 5.56 Å². The zero-order valence-corrected chi connectivity index (χ0v) is 16.4. The molecule has 2 unspecified atom stereocenters. The first-order valence-electron chi connectivity index (χ1n) is 9.25. The van der Waals surface area contributed by atoms with Crippen molar-refractivity contribution < 1.29 is 21.6 Å². The maximum atomic E-state index is 12.9. The second-order valence-electron chi connectivity index (χ2n) is 7.70. The van der Waals surface area contributed by atoms with Crippen LogP contribution >= 0.6 is 0 Å². The van der Waals surface area contributed by atoms with E-state index in [9.17, 15) is 21.6 Å². The first-order chi connectivity index (χ1) is 12.6. The van der Waals surface area contributed by atoms with Gasteiger partial charge in [-0.2, -0.15) is 30.2 Å². The first kappa shape index (κ1) is 20.4. The van der Waals surface area contributed by atoms with Gasteiger partial charge in [-0.15, -0.1) is 0 Å². The van der Waals surface area contributed by atoms with Gasteiger partial charge in [0.25, 0.3) is 10.2 Å². The van der Waals surface area contributed by atoms with E-state index in [4.69, 9.17) is 0 Å². The fourth-order valence-corrected chi connectivity index (χ4v) is 5.85. The maximum absolute atomic E-state index is 12.9. The van der Waals surface area contributed by atoms with E-state index >= 15 is 0 Å². The van der Waals surface area contributed by atoms with Crippen LogP contribution in [0.5, 0.6) is 0 Å². The molecule has 1 aromatic carbocycles. The summed E-state index contributed by atoms with van der Waals surface area (Å²) in [5.74, 6) is 0.657. The second kappa shape index (κ2) is 7.60. The molecule has 0 amide bonds. The molecule has 2 heterocycles. The van der Waals surface area contributed by atoms with Gasteiger partial charge in [-0.25, -0.2) is 0 Å². The Bertz CT molecular complexity index is 751. The summed E-state index contributed by atoms with van der Waals surface area (Å²) in [4.78, 5) is 1.81. The molecule has 0 aliphatic carbocycles. The molecule has 0 aromatic heterocycles. The van der Waals surface area contributed by atoms with E-state index in [1.807, 2.05) is 4.90 Å². The van der Waals surface area contributed by atoms with Crippen LogP contribution in [-0.2, 0) is 16.4 Å². The molecule has 0 spiro atoms. The lowest BCUT2D eigenvalue weighted by Gasteiger charge is -2.40. The number of hydrogen-bond donors (Lipinski definition) is 0. The Morgan fingerprint density at radius 1 is 0.963 bits per heavy atom. The molecule has 2 aliphatic rings. The van der Waals surface area contributed by atoms with Crippen molar-refractivity contribution in [3.05, 3.63) is 29.8 Å². The highest BCUT2D eigenvalue weighted by molar-refractivity contribution is 7.86. The zero-order chi connectivity index (χ0) is 19.8. The van der Waals surface area contributed by atoms with Crippen molar-refractivity contribution in [3.8, 4) is 0 Å². The highest BCUT2D eigenvalue weighted by atomic mass is 32.2. The Morgan fingerprint density at radius 2 is 1.56 bits per heavy atom. The average Bonchev–Trinajstić information content (AvgIpc) is 2.60. The normalized spacial score (nSPS) is 26.3. The Kier molecular flexibility index (Phi) is 5.74. The van der Waals surface area contributed by atoms with E-state index in [0.29, 0.717) is 43.7 Å². The minimum atomic E-state index is -4.39. The van der Waals surface area contributed by atoms with Crippen LogP contribution in [0.2, 0.25) is 0 Å². The number of hydrogen-bond acceptors (Lipinski definition) is 3. The van der Waals surface area contributed by atoms with E-state index in [1.54, 1.807) is 10.4 Å². The molecule has 27 heavy (non-hydrogen) atoms. The maximum Gasteiger partial charge on any atom is 0.416 e.